The SMILES string of the molecule is Nc1cccc(F)c1-c1nc(CCc2ccccc2)no1. The van der Waals surface area contributed by atoms with Crippen LogP contribution in [-0.4, -0.2) is 10.1 Å². The van der Waals surface area contributed by atoms with Crippen LogP contribution in [0.25, 0.3) is 11.5 Å². The van der Waals surface area contributed by atoms with Gasteiger partial charge in [-0.15, -0.1) is 0 Å². The van der Waals surface area contributed by atoms with Gasteiger partial charge in [0.15, 0.2) is 5.82 Å². The monoisotopic (exact) mass is 283 g/mol. The average Bonchev–Trinajstić information content (AvgIpc) is 2.95. The molecule has 0 saturated carbocycles. The second-order valence-corrected chi connectivity index (χ2v) is 4.71. The van der Waals surface area contributed by atoms with Gasteiger partial charge in [0.25, 0.3) is 5.89 Å². The van der Waals surface area contributed by atoms with Gasteiger partial charge >= 0.3 is 0 Å². The first kappa shape index (κ1) is 13.3. The molecule has 3 rings (SSSR count). The van der Waals surface area contributed by atoms with Crippen LogP contribution in [0.4, 0.5) is 10.1 Å². The Kier molecular flexibility index (Phi) is 3.64. The van der Waals surface area contributed by atoms with Gasteiger partial charge in [-0.3, -0.25) is 0 Å². The largest absolute Gasteiger partial charge is 0.398 e. The lowest BCUT2D eigenvalue weighted by atomic mass is 10.1. The summed E-state index contributed by atoms with van der Waals surface area (Å²) < 4.78 is 18.9. The van der Waals surface area contributed by atoms with E-state index in [0.29, 0.717) is 12.2 Å². The highest BCUT2D eigenvalue weighted by Crippen LogP contribution is 2.27. The molecule has 0 aliphatic heterocycles. The Bertz CT molecular complexity index is 720. The third kappa shape index (κ3) is 2.91. The number of anilines is 1. The van der Waals surface area contributed by atoms with E-state index in [1.165, 1.54) is 11.6 Å². The second-order valence-electron chi connectivity index (χ2n) is 4.71. The Hall–Kier alpha value is -2.69. The Balaban J connectivity index is 1.78. The van der Waals surface area contributed by atoms with Crippen molar-refractivity contribution in [3.63, 3.8) is 0 Å². The number of aromatic nitrogens is 2. The van der Waals surface area contributed by atoms with Gasteiger partial charge in [-0.25, -0.2) is 4.39 Å². The summed E-state index contributed by atoms with van der Waals surface area (Å²) >= 11 is 0. The minimum Gasteiger partial charge on any atom is -0.398 e. The van der Waals surface area contributed by atoms with Gasteiger partial charge in [-0.05, 0) is 24.1 Å². The van der Waals surface area contributed by atoms with Crippen LogP contribution in [0.5, 0.6) is 0 Å². The maximum Gasteiger partial charge on any atom is 0.263 e. The molecular weight excluding hydrogens is 269 g/mol. The van der Waals surface area contributed by atoms with Crippen LogP contribution in [-0.2, 0) is 12.8 Å². The molecule has 0 bridgehead atoms. The van der Waals surface area contributed by atoms with E-state index in [9.17, 15) is 4.39 Å². The highest BCUT2D eigenvalue weighted by atomic mass is 19.1. The van der Waals surface area contributed by atoms with Gasteiger partial charge in [-0.2, -0.15) is 4.98 Å². The lowest BCUT2D eigenvalue weighted by Gasteiger charge is -2.00. The van der Waals surface area contributed by atoms with E-state index in [2.05, 4.69) is 10.1 Å². The van der Waals surface area contributed by atoms with Crippen LogP contribution in [0.2, 0.25) is 0 Å². The van der Waals surface area contributed by atoms with Crippen molar-refractivity contribution in [1.82, 2.24) is 10.1 Å². The van der Waals surface area contributed by atoms with Crippen molar-refractivity contribution < 1.29 is 8.91 Å². The summed E-state index contributed by atoms with van der Waals surface area (Å²) in [4.78, 5) is 4.22. The van der Waals surface area contributed by atoms with E-state index >= 15 is 0 Å². The third-order valence-corrected chi connectivity index (χ3v) is 3.21. The summed E-state index contributed by atoms with van der Waals surface area (Å²) in [6.07, 6.45) is 1.43. The van der Waals surface area contributed by atoms with Crippen LogP contribution < -0.4 is 5.73 Å². The molecule has 106 valence electrons. The highest BCUT2D eigenvalue weighted by molar-refractivity contribution is 5.70. The van der Waals surface area contributed by atoms with E-state index in [-0.39, 0.29) is 17.1 Å². The molecule has 5 heteroatoms. The number of aryl methyl sites for hydroxylation is 2. The van der Waals surface area contributed by atoms with Crippen LogP contribution in [0.1, 0.15) is 11.4 Å². The molecule has 1 aromatic heterocycles. The van der Waals surface area contributed by atoms with Crippen molar-refractivity contribution in [2.45, 2.75) is 12.8 Å². The fourth-order valence-electron chi connectivity index (χ4n) is 2.12. The van der Waals surface area contributed by atoms with Crippen LogP contribution in [0, 0.1) is 5.82 Å². The molecule has 2 N–H and O–H groups in total. The molecular formula is C16H14FN3O. The van der Waals surface area contributed by atoms with Crippen molar-refractivity contribution >= 4 is 5.69 Å². The minimum atomic E-state index is -0.465. The third-order valence-electron chi connectivity index (χ3n) is 3.21. The lowest BCUT2D eigenvalue weighted by Crippen LogP contribution is -1.95. The molecule has 0 aliphatic rings. The lowest BCUT2D eigenvalue weighted by molar-refractivity contribution is 0.420. The van der Waals surface area contributed by atoms with Crippen molar-refractivity contribution in [3.8, 4) is 11.5 Å². The topological polar surface area (TPSA) is 64.9 Å². The first-order valence-corrected chi connectivity index (χ1v) is 6.65. The molecule has 4 nitrogen and oxygen atoms in total. The van der Waals surface area contributed by atoms with E-state index in [1.54, 1.807) is 12.1 Å². The molecule has 2 aromatic carbocycles. The molecule has 0 unspecified atom stereocenters. The Morgan fingerprint density at radius 1 is 1.00 bits per heavy atom. The molecule has 3 aromatic rings. The summed E-state index contributed by atoms with van der Waals surface area (Å²) in [7, 11) is 0. The van der Waals surface area contributed by atoms with Crippen molar-refractivity contribution in [1.29, 1.82) is 0 Å². The molecule has 0 saturated heterocycles. The Labute approximate surface area is 121 Å². The maximum absolute atomic E-state index is 13.8. The van der Waals surface area contributed by atoms with Gasteiger partial charge in [0.05, 0.1) is 5.56 Å². The van der Waals surface area contributed by atoms with Crippen LogP contribution >= 0.6 is 0 Å². The molecule has 0 aliphatic carbocycles. The Morgan fingerprint density at radius 3 is 2.57 bits per heavy atom. The fraction of sp³-hybridized carbons (Fsp3) is 0.125. The summed E-state index contributed by atoms with van der Waals surface area (Å²) in [6, 6.07) is 14.5. The highest BCUT2D eigenvalue weighted by Gasteiger charge is 2.16. The minimum absolute atomic E-state index is 0.119. The predicted octanol–water partition coefficient (Wildman–Crippen LogP) is 3.24. The standard InChI is InChI=1S/C16H14FN3O/c17-12-7-4-8-13(18)15(12)16-19-14(20-21-16)10-9-11-5-2-1-3-6-11/h1-8H,9-10,18H2. The Morgan fingerprint density at radius 2 is 1.81 bits per heavy atom. The molecule has 0 atom stereocenters. The number of nitrogens with two attached hydrogens (primary N) is 1. The van der Waals surface area contributed by atoms with E-state index < -0.39 is 5.82 Å². The number of halogens is 1. The van der Waals surface area contributed by atoms with Gasteiger partial charge in [0.2, 0.25) is 0 Å². The van der Waals surface area contributed by atoms with Crippen molar-refractivity contribution in [3.05, 3.63) is 65.7 Å². The normalized spacial score (nSPS) is 10.7. The number of hydrogen-bond donors (Lipinski definition) is 1. The second kappa shape index (κ2) is 5.75. The summed E-state index contributed by atoms with van der Waals surface area (Å²) in [5.41, 5.74) is 7.40. The molecule has 21 heavy (non-hydrogen) atoms. The number of benzene rings is 2. The van der Waals surface area contributed by atoms with Crippen molar-refractivity contribution in [2.75, 3.05) is 5.73 Å². The fourth-order valence-corrected chi connectivity index (χ4v) is 2.12. The maximum atomic E-state index is 13.8. The molecule has 1 heterocycles. The zero-order chi connectivity index (χ0) is 14.7. The van der Waals surface area contributed by atoms with E-state index in [4.69, 9.17) is 10.3 Å². The summed E-state index contributed by atoms with van der Waals surface area (Å²) in [5, 5.41) is 3.88. The quantitative estimate of drug-likeness (QED) is 0.746. The summed E-state index contributed by atoms with van der Waals surface area (Å²) in [5.74, 6) is 0.193. The zero-order valence-electron chi connectivity index (χ0n) is 11.3. The van der Waals surface area contributed by atoms with Crippen LogP contribution in [0.15, 0.2) is 53.1 Å². The van der Waals surface area contributed by atoms with Crippen LogP contribution in [0.3, 0.4) is 0 Å². The number of nitrogens with zero attached hydrogens (tertiary/aromatic N) is 2. The molecule has 0 radical (unpaired) electrons. The number of nitrogen functional groups attached to an aromatic ring is 1. The first-order valence-electron chi connectivity index (χ1n) is 6.65. The van der Waals surface area contributed by atoms with E-state index in [0.717, 1.165) is 6.42 Å². The number of hydrogen-bond acceptors (Lipinski definition) is 4. The number of rotatable bonds is 4. The average molecular weight is 283 g/mol. The molecule has 0 amide bonds. The zero-order valence-corrected chi connectivity index (χ0v) is 11.3. The first-order chi connectivity index (χ1) is 10.2. The summed E-state index contributed by atoms with van der Waals surface area (Å²) in [6.45, 7) is 0. The van der Waals surface area contributed by atoms with Gasteiger partial charge in [-0.1, -0.05) is 41.6 Å². The van der Waals surface area contributed by atoms with E-state index in [1.807, 2.05) is 30.3 Å². The molecule has 0 fully saturated rings. The van der Waals surface area contributed by atoms with Gasteiger partial charge in [0.1, 0.15) is 5.82 Å². The van der Waals surface area contributed by atoms with Gasteiger partial charge in [0, 0.05) is 12.1 Å². The van der Waals surface area contributed by atoms with Gasteiger partial charge < -0.3 is 10.3 Å². The van der Waals surface area contributed by atoms with Crippen molar-refractivity contribution in [2.24, 2.45) is 0 Å². The molecule has 0 spiro atoms. The predicted molar refractivity (Wildman–Crippen MR) is 78.0 cm³/mol. The smallest absolute Gasteiger partial charge is 0.263 e.